The van der Waals surface area contributed by atoms with E-state index >= 15 is 0 Å². The Morgan fingerprint density at radius 3 is 2.33 bits per heavy atom. The number of hydrogen-bond acceptors (Lipinski definition) is 6. The van der Waals surface area contributed by atoms with Crippen molar-refractivity contribution in [2.45, 2.75) is 21.7 Å². The third-order valence-electron chi connectivity index (χ3n) is 4.00. The van der Waals surface area contributed by atoms with Gasteiger partial charge in [0, 0.05) is 6.04 Å². The fourth-order valence-corrected chi connectivity index (χ4v) is 6.72. The maximum absolute atomic E-state index is 12.7. The first-order valence-corrected chi connectivity index (χ1v) is 11.8. The number of ketones is 1. The number of sulfone groups is 1. The van der Waals surface area contributed by atoms with Crippen LogP contribution >= 0.6 is 34.8 Å². The van der Waals surface area contributed by atoms with Gasteiger partial charge < -0.3 is 5.11 Å². The van der Waals surface area contributed by atoms with Crippen LogP contribution in [0.15, 0.2) is 23.1 Å². The van der Waals surface area contributed by atoms with E-state index in [-0.39, 0.29) is 16.0 Å². The monoisotopic (exact) mass is 477 g/mol. The molecule has 2 atom stereocenters. The largest absolute Gasteiger partial charge is 0.478 e. The molecule has 1 aliphatic rings. The number of carbonyl (C=O) groups is 2. The summed E-state index contributed by atoms with van der Waals surface area (Å²) in [7, 11) is -8.11. The summed E-state index contributed by atoms with van der Waals surface area (Å²) in [6.07, 6.45) is 0. The van der Waals surface area contributed by atoms with Crippen molar-refractivity contribution in [3.63, 3.8) is 0 Å². The Balaban J connectivity index is 2.42. The Morgan fingerprint density at radius 2 is 1.81 bits per heavy atom. The van der Waals surface area contributed by atoms with Crippen LogP contribution in [0.1, 0.15) is 15.9 Å². The van der Waals surface area contributed by atoms with E-state index in [9.17, 15) is 26.4 Å². The van der Waals surface area contributed by atoms with E-state index in [1.54, 1.807) is 0 Å². The number of Topliss-reactive ketones (excluding diaryl/α,β-unsaturated/α-hetero) is 1. The van der Waals surface area contributed by atoms with Crippen LogP contribution in [-0.2, 0) is 24.7 Å². The summed E-state index contributed by atoms with van der Waals surface area (Å²) in [4.78, 5) is 23.0. The molecule has 0 bridgehead atoms. The topological polar surface area (TPSA) is 135 Å². The predicted molar refractivity (Wildman–Crippen MR) is 99.7 cm³/mol. The van der Waals surface area contributed by atoms with Crippen LogP contribution in [0.3, 0.4) is 0 Å². The zero-order valence-corrected chi connectivity index (χ0v) is 17.5. The summed E-state index contributed by atoms with van der Waals surface area (Å²) < 4.78 is 49.0. The molecule has 0 saturated carbocycles. The standard InChI is InChI=1S/C14H14Cl3NO7S2/c1-7-2-3-8(13(20)21)4-11(7)27(24,25)18-10-6-26(22,23)5-9(10)12(19)14(15,16)17/h2-4,9-10,18H,5-6H2,1H3,(H,20,21)/t9-,10+/m0/s1. The smallest absolute Gasteiger partial charge is 0.335 e. The highest BCUT2D eigenvalue weighted by atomic mass is 35.6. The van der Waals surface area contributed by atoms with Crippen molar-refractivity contribution in [2.75, 3.05) is 11.5 Å². The molecule has 0 unspecified atom stereocenters. The molecule has 0 spiro atoms. The van der Waals surface area contributed by atoms with Gasteiger partial charge >= 0.3 is 5.97 Å². The number of carbonyl (C=O) groups excluding carboxylic acids is 1. The molecule has 1 fully saturated rings. The first kappa shape index (κ1) is 22.4. The van der Waals surface area contributed by atoms with Crippen LogP contribution in [0.4, 0.5) is 0 Å². The van der Waals surface area contributed by atoms with Crippen molar-refractivity contribution < 1.29 is 31.5 Å². The lowest BCUT2D eigenvalue weighted by Crippen LogP contribution is -2.45. The normalized spacial score (nSPS) is 22.5. The summed E-state index contributed by atoms with van der Waals surface area (Å²) >= 11 is 16.6. The second-order valence-corrected chi connectivity index (χ2v) is 12.2. The molecule has 0 aromatic heterocycles. The Labute approximate surface area is 170 Å². The van der Waals surface area contributed by atoms with Crippen molar-refractivity contribution in [1.29, 1.82) is 0 Å². The van der Waals surface area contributed by atoms with E-state index in [1.807, 2.05) is 0 Å². The number of alkyl halides is 3. The lowest BCUT2D eigenvalue weighted by atomic mass is 10.0. The molecule has 150 valence electrons. The van der Waals surface area contributed by atoms with Gasteiger partial charge in [-0.05, 0) is 24.6 Å². The van der Waals surface area contributed by atoms with E-state index < -0.39 is 58.9 Å². The third kappa shape index (κ3) is 5.12. The fraction of sp³-hybridized carbons (Fsp3) is 0.429. The molecule has 1 aromatic carbocycles. The molecular weight excluding hydrogens is 465 g/mol. The molecule has 2 rings (SSSR count). The number of nitrogens with one attached hydrogen (secondary N) is 1. The Kier molecular flexibility index (Phi) is 6.21. The minimum absolute atomic E-state index is 0.234. The average molecular weight is 479 g/mol. The molecule has 2 N–H and O–H groups in total. The number of carboxylic acid groups (broad SMARTS) is 1. The van der Waals surface area contributed by atoms with Gasteiger partial charge in [0.05, 0.1) is 27.9 Å². The van der Waals surface area contributed by atoms with E-state index in [0.717, 1.165) is 6.07 Å². The minimum atomic E-state index is -4.35. The predicted octanol–water partition coefficient (Wildman–Crippen LogP) is 1.32. The quantitative estimate of drug-likeness (QED) is 0.609. The number of benzene rings is 1. The number of aryl methyl sites for hydroxylation is 1. The zero-order chi connectivity index (χ0) is 20.8. The van der Waals surface area contributed by atoms with Gasteiger partial charge in [-0.1, -0.05) is 40.9 Å². The van der Waals surface area contributed by atoms with Gasteiger partial charge in [-0.2, -0.15) is 0 Å². The number of sulfonamides is 1. The summed E-state index contributed by atoms with van der Waals surface area (Å²) in [5.74, 6) is -5.08. The lowest BCUT2D eigenvalue weighted by Gasteiger charge is -2.22. The number of aromatic carboxylic acids is 1. The first-order chi connectivity index (χ1) is 12.1. The summed E-state index contributed by atoms with van der Waals surface area (Å²) in [5.41, 5.74) is -0.0356. The molecule has 27 heavy (non-hydrogen) atoms. The zero-order valence-electron chi connectivity index (χ0n) is 13.6. The van der Waals surface area contributed by atoms with Gasteiger partial charge in [-0.15, -0.1) is 0 Å². The molecule has 8 nitrogen and oxygen atoms in total. The fourth-order valence-electron chi connectivity index (χ4n) is 2.72. The molecule has 1 aromatic rings. The average Bonchev–Trinajstić information content (AvgIpc) is 2.79. The van der Waals surface area contributed by atoms with Gasteiger partial charge in [0.1, 0.15) is 0 Å². The first-order valence-electron chi connectivity index (χ1n) is 7.32. The van der Waals surface area contributed by atoms with E-state index in [0.29, 0.717) is 0 Å². The van der Waals surface area contributed by atoms with Gasteiger partial charge in [0.15, 0.2) is 15.6 Å². The lowest BCUT2D eigenvalue weighted by molar-refractivity contribution is -0.121. The van der Waals surface area contributed by atoms with Crippen LogP contribution in [-0.4, -0.2) is 55.0 Å². The highest BCUT2D eigenvalue weighted by molar-refractivity contribution is 7.92. The van der Waals surface area contributed by atoms with Crippen molar-refractivity contribution >= 4 is 66.4 Å². The summed E-state index contributed by atoms with van der Waals surface area (Å²) in [6, 6.07) is 2.12. The molecule has 13 heteroatoms. The SMILES string of the molecule is Cc1ccc(C(=O)O)cc1S(=O)(=O)N[C@@H]1CS(=O)(=O)C[C@@H]1C(=O)C(Cl)(Cl)Cl. The number of rotatable bonds is 5. The highest BCUT2D eigenvalue weighted by Crippen LogP contribution is 2.35. The Morgan fingerprint density at radius 1 is 1.22 bits per heavy atom. The molecule has 0 aliphatic carbocycles. The van der Waals surface area contributed by atoms with Crippen LogP contribution in [0.2, 0.25) is 0 Å². The second kappa shape index (κ2) is 7.49. The Hall–Kier alpha value is -0.910. The maximum Gasteiger partial charge on any atom is 0.335 e. The van der Waals surface area contributed by atoms with Crippen molar-refractivity contribution in [1.82, 2.24) is 4.72 Å². The van der Waals surface area contributed by atoms with Gasteiger partial charge in [-0.25, -0.2) is 26.4 Å². The van der Waals surface area contributed by atoms with E-state index in [2.05, 4.69) is 4.72 Å². The van der Waals surface area contributed by atoms with Crippen LogP contribution < -0.4 is 4.72 Å². The summed E-state index contributed by atoms with van der Waals surface area (Å²) in [5, 5.41) is 9.04. The molecule has 1 aliphatic heterocycles. The van der Waals surface area contributed by atoms with Crippen LogP contribution in [0.5, 0.6) is 0 Å². The van der Waals surface area contributed by atoms with Crippen molar-refractivity contribution in [3.8, 4) is 0 Å². The highest BCUT2D eigenvalue weighted by Gasteiger charge is 2.49. The molecule has 1 heterocycles. The number of carboxylic acids is 1. The van der Waals surface area contributed by atoms with Crippen molar-refractivity contribution in [3.05, 3.63) is 29.3 Å². The Bertz CT molecular complexity index is 1000. The van der Waals surface area contributed by atoms with Gasteiger partial charge in [0.25, 0.3) is 0 Å². The molecule has 0 radical (unpaired) electrons. The number of hydrogen-bond donors (Lipinski definition) is 2. The third-order valence-corrected chi connectivity index (χ3v) is 7.92. The molecular formula is C14H14Cl3NO7S2. The van der Waals surface area contributed by atoms with E-state index in [4.69, 9.17) is 39.9 Å². The van der Waals surface area contributed by atoms with Crippen LogP contribution in [0.25, 0.3) is 0 Å². The molecule has 0 amide bonds. The van der Waals surface area contributed by atoms with Crippen molar-refractivity contribution in [2.24, 2.45) is 5.92 Å². The number of halogens is 3. The molecule has 1 saturated heterocycles. The van der Waals surface area contributed by atoms with Gasteiger partial charge in [-0.3, -0.25) is 4.79 Å². The van der Waals surface area contributed by atoms with E-state index in [1.165, 1.54) is 19.1 Å². The van der Waals surface area contributed by atoms with Crippen LogP contribution in [0, 0.1) is 12.8 Å². The summed E-state index contributed by atoms with van der Waals surface area (Å²) in [6.45, 7) is 1.44. The maximum atomic E-state index is 12.7. The van der Waals surface area contributed by atoms with Gasteiger partial charge in [0.2, 0.25) is 13.8 Å². The second-order valence-electron chi connectivity index (χ2n) is 6.06. The minimum Gasteiger partial charge on any atom is -0.478 e.